The van der Waals surface area contributed by atoms with Crippen molar-refractivity contribution in [2.24, 2.45) is 0 Å². The van der Waals surface area contributed by atoms with Crippen LogP contribution in [-0.2, 0) is 11.2 Å². The lowest BCUT2D eigenvalue weighted by atomic mass is 10.1. The summed E-state index contributed by atoms with van der Waals surface area (Å²) in [4.78, 5) is 16.3. The van der Waals surface area contributed by atoms with Gasteiger partial charge >= 0.3 is 0 Å². The van der Waals surface area contributed by atoms with Crippen LogP contribution < -0.4 is 0 Å². The molecule has 2 atom stereocenters. The molecule has 0 aliphatic carbocycles. The average Bonchev–Trinajstić information content (AvgIpc) is 2.90. The van der Waals surface area contributed by atoms with Gasteiger partial charge in [0, 0.05) is 31.1 Å². The van der Waals surface area contributed by atoms with Crippen molar-refractivity contribution < 1.29 is 14.4 Å². The topological polar surface area (TPSA) is 69.8 Å². The summed E-state index contributed by atoms with van der Waals surface area (Å²) in [6.07, 6.45) is 1.33. The second kappa shape index (κ2) is 6.58. The maximum absolute atomic E-state index is 12.4. The van der Waals surface area contributed by atoms with Gasteiger partial charge in [-0.1, -0.05) is 5.16 Å². The van der Waals surface area contributed by atoms with Crippen molar-refractivity contribution in [1.29, 1.82) is 0 Å². The minimum absolute atomic E-state index is 0.0957. The van der Waals surface area contributed by atoms with Crippen molar-refractivity contribution in [3.8, 4) is 0 Å². The quantitative estimate of drug-likeness (QED) is 0.868. The monoisotopic (exact) mass is 295 g/mol. The minimum atomic E-state index is -0.405. The number of amides is 1. The van der Waals surface area contributed by atoms with E-state index in [2.05, 4.69) is 10.1 Å². The number of carbonyl (C=O) groups is 1. The lowest BCUT2D eigenvalue weighted by molar-refractivity contribution is -0.132. The van der Waals surface area contributed by atoms with Crippen LogP contribution in [0.25, 0.3) is 0 Å². The van der Waals surface area contributed by atoms with Gasteiger partial charge in [-0.3, -0.25) is 4.79 Å². The Hall–Kier alpha value is -1.40. The number of aliphatic hydroxyl groups is 1. The average molecular weight is 295 g/mol. The van der Waals surface area contributed by atoms with E-state index in [0.717, 1.165) is 23.6 Å². The number of aryl methyl sites for hydroxylation is 2. The number of aliphatic hydroxyl groups excluding tert-OH is 1. The fraction of sp³-hybridized carbons (Fsp3) is 0.733. The Morgan fingerprint density at radius 3 is 2.76 bits per heavy atom. The predicted molar refractivity (Wildman–Crippen MR) is 79.0 cm³/mol. The van der Waals surface area contributed by atoms with E-state index in [1.807, 2.05) is 32.8 Å². The van der Waals surface area contributed by atoms with E-state index in [9.17, 15) is 9.90 Å². The molecule has 6 nitrogen and oxygen atoms in total. The van der Waals surface area contributed by atoms with Crippen LogP contribution in [0.4, 0.5) is 0 Å². The molecule has 1 aliphatic heterocycles. The van der Waals surface area contributed by atoms with Gasteiger partial charge in [-0.15, -0.1) is 0 Å². The molecule has 1 aromatic heterocycles. The van der Waals surface area contributed by atoms with E-state index >= 15 is 0 Å². The first-order valence-corrected chi connectivity index (χ1v) is 7.42. The Balaban J connectivity index is 1.95. The molecule has 2 rings (SSSR count). The second-order valence-electron chi connectivity index (χ2n) is 6.15. The molecule has 6 heteroatoms. The molecule has 1 aromatic rings. The molecule has 118 valence electrons. The van der Waals surface area contributed by atoms with Crippen LogP contribution in [-0.4, -0.2) is 65.3 Å². The fourth-order valence-electron chi connectivity index (χ4n) is 3.03. The van der Waals surface area contributed by atoms with Crippen molar-refractivity contribution in [3.63, 3.8) is 0 Å². The summed E-state index contributed by atoms with van der Waals surface area (Å²) in [5, 5.41) is 13.7. The molecule has 1 N–H and O–H groups in total. The molecule has 0 aromatic carbocycles. The Kier molecular flexibility index (Phi) is 5.00. The van der Waals surface area contributed by atoms with Gasteiger partial charge in [-0.25, -0.2) is 0 Å². The highest BCUT2D eigenvalue weighted by molar-refractivity contribution is 5.77. The molecule has 1 fully saturated rings. The fourth-order valence-corrected chi connectivity index (χ4v) is 3.03. The normalized spacial score (nSPS) is 22.3. The van der Waals surface area contributed by atoms with Crippen LogP contribution in [0.5, 0.6) is 0 Å². The van der Waals surface area contributed by atoms with E-state index in [-0.39, 0.29) is 11.9 Å². The van der Waals surface area contributed by atoms with Crippen LogP contribution >= 0.6 is 0 Å². The van der Waals surface area contributed by atoms with E-state index in [1.165, 1.54) is 0 Å². The molecule has 1 amide bonds. The molecule has 0 saturated carbocycles. The third-order valence-corrected chi connectivity index (χ3v) is 4.06. The van der Waals surface area contributed by atoms with Crippen molar-refractivity contribution in [3.05, 3.63) is 17.0 Å². The summed E-state index contributed by atoms with van der Waals surface area (Å²) in [5.41, 5.74) is 1.87. The highest BCUT2D eigenvalue weighted by atomic mass is 16.5. The second-order valence-corrected chi connectivity index (χ2v) is 6.15. The van der Waals surface area contributed by atoms with Gasteiger partial charge in [0.25, 0.3) is 0 Å². The third-order valence-electron chi connectivity index (χ3n) is 4.06. The molecule has 1 saturated heterocycles. The number of likely N-dealkylation sites (N-methyl/N-ethyl adjacent to an activating group) is 1. The Morgan fingerprint density at radius 2 is 2.19 bits per heavy atom. The lowest BCUT2D eigenvalue weighted by Crippen LogP contribution is -2.41. The maximum Gasteiger partial charge on any atom is 0.223 e. The van der Waals surface area contributed by atoms with Crippen molar-refractivity contribution in [2.45, 2.75) is 45.3 Å². The van der Waals surface area contributed by atoms with Crippen LogP contribution in [0.1, 0.15) is 29.9 Å². The van der Waals surface area contributed by atoms with Crippen molar-refractivity contribution in [2.75, 3.05) is 27.2 Å². The third kappa shape index (κ3) is 3.83. The van der Waals surface area contributed by atoms with E-state index in [0.29, 0.717) is 25.8 Å². The zero-order valence-electron chi connectivity index (χ0n) is 13.3. The number of nitrogens with zero attached hydrogens (tertiary/aromatic N) is 3. The van der Waals surface area contributed by atoms with Crippen molar-refractivity contribution >= 4 is 5.91 Å². The van der Waals surface area contributed by atoms with Crippen molar-refractivity contribution in [1.82, 2.24) is 15.0 Å². The van der Waals surface area contributed by atoms with Crippen LogP contribution in [0.15, 0.2) is 4.52 Å². The summed E-state index contributed by atoms with van der Waals surface area (Å²) in [6, 6.07) is 0.104. The number of aromatic nitrogens is 1. The van der Waals surface area contributed by atoms with Gasteiger partial charge in [0.2, 0.25) is 5.91 Å². The standard InChI is InChI=1S/C15H25N3O3/c1-10-14(11(2)21-16-10)5-6-15(20)18-9-13(19)7-12(18)8-17(3)4/h12-13,19H,5-9H2,1-4H3. The summed E-state index contributed by atoms with van der Waals surface area (Å²) >= 11 is 0. The molecule has 21 heavy (non-hydrogen) atoms. The highest BCUT2D eigenvalue weighted by Crippen LogP contribution is 2.21. The Morgan fingerprint density at radius 1 is 1.48 bits per heavy atom. The van der Waals surface area contributed by atoms with Gasteiger partial charge in [0.1, 0.15) is 5.76 Å². The van der Waals surface area contributed by atoms with Crippen LogP contribution in [0.2, 0.25) is 0 Å². The Bertz CT molecular complexity index is 479. The van der Waals surface area contributed by atoms with Gasteiger partial charge < -0.3 is 19.4 Å². The number of β-amino-alcohol motifs (C(OH)–C–C–N with tert-alkyl or cyclic N) is 1. The largest absolute Gasteiger partial charge is 0.391 e. The molecule has 0 spiro atoms. The van der Waals surface area contributed by atoms with Gasteiger partial charge in [-0.05, 0) is 40.8 Å². The minimum Gasteiger partial charge on any atom is -0.391 e. The first-order chi connectivity index (χ1) is 9.88. The summed E-state index contributed by atoms with van der Waals surface area (Å²) in [7, 11) is 3.97. The SMILES string of the molecule is Cc1noc(C)c1CCC(=O)N1CC(O)CC1CN(C)C. The van der Waals surface area contributed by atoms with E-state index in [1.54, 1.807) is 0 Å². The van der Waals surface area contributed by atoms with Gasteiger partial charge in [-0.2, -0.15) is 0 Å². The summed E-state index contributed by atoms with van der Waals surface area (Å²) < 4.78 is 5.12. The number of likely N-dealkylation sites (tertiary alicyclic amines) is 1. The lowest BCUT2D eigenvalue weighted by Gasteiger charge is -2.26. The highest BCUT2D eigenvalue weighted by Gasteiger charge is 2.34. The molecular weight excluding hydrogens is 270 g/mol. The zero-order chi connectivity index (χ0) is 15.6. The number of hydrogen-bond acceptors (Lipinski definition) is 5. The molecule has 2 heterocycles. The molecule has 1 aliphatic rings. The first-order valence-electron chi connectivity index (χ1n) is 7.42. The number of rotatable bonds is 5. The first kappa shape index (κ1) is 16.0. The molecular formula is C15H25N3O3. The summed E-state index contributed by atoms with van der Waals surface area (Å²) in [5.74, 6) is 0.880. The molecule has 2 unspecified atom stereocenters. The Labute approximate surface area is 125 Å². The maximum atomic E-state index is 12.4. The zero-order valence-corrected chi connectivity index (χ0v) is 13.3. The number of carbonyl (C=O) groups excluding carboxylic acids is 1. The van der Waals surface area contributed by atoms with Gasteiger partial charge in [0.05, 0.1) is 11.8 Å². The van der Waals surface area contributed by atoms with Gasteiger partial charge in [0.15, 0.2) is 0 Å². The predicted octanol–water partition coefficient (Wildman–Crippen LogP) is 0.747. The summed E-state index contributed by atoms with van der Waals surface area (Å²) in [6.45, 7) is 4.99. The van der Waals surface area contributed by atoms with E-state index in [4.69, 9.17) is 4.52 Å². The molecule has 0 radical (unpaired) electrons. The number of hydrogen-bond donors (Lipinski definition) is 1. The van der Waals surface area contributed by atoms with E-state index < -0.39 is 6.10 Å². The van der Waals surface area contributed by atoms with Crippen LogP contribution in [0, 0.1) is 13.8 Å². The smallest absolute Gasteiger partial charge is 0.223 e. The molecule has 0 bridgehead atoms. The van der Waals surface area contributed by atoms with Crippen LogP contribution in [0.3, 0.4) is 0 Å².